The molecule has 3 nitrogen and oxygen atoms in total. The van der Waals surface area contributed by atoms with Gasteiger partial charge in [0.05, 0.1) is 10.4 Å². The predicted octanol–water partition coefficient (Wildman–Crippen LogP) is 4.06. The SMILES string of the molecule is CCc1ccn2cccc(-c3cc(SO)c[nH]3)c12. The molecule has 3 aromatic heterocycles. The minimum absolute atomic E-state index is 0.764. The van der Waals surface area contributed by atoms with Crippen molar-refractivity contribution in [1.82, 2.24) is 9.38 Å². The molecule has 0 aliphatic heterocycles. The number of aromatic amines is 1. The summed E-state index contributed by atoms with van der Waals surface area (Å²) in [4.78, 5) is 4.04. The first-order valence-corrected chi connectivity index (χ1v) is 6.69. The summed E-state index contributed by atoms with van der Waals surface area (Å²) >= 11 is 0.764. The van der Waals surface area contributed by atoms with E-state index in [-0.39, 0.29) is 0 Å². The lowest BCUT2D eigenvalue weighted by atomic mass is 10.1. The van der Waals surface area contributed by atoms with Crippen LogP contribution in [0, 0.1) is 0 Å². The first-order chi connectivity index (χ1) is 8.83. The summed E-state index contributed by atoms with van der Waals surface area (Å²) in [6.45, 7) is 2.16. The third-order valence-corrected chi connectivity index (χ3v) is 3.64. The Labute approximate surface area is 110 Å². The summed E-state index contributed by atoms with van der Waals surface area (Å²) in [6, 6.07) is 8.26. The molecule has 0 atom stereocenters. The molecule has 92 valence electrons. The van der Waals surface area contributed by atoms with Crippen LogP contribution in [-0.2, 0) is 6.42 Å². The lowest BCUT2D eigenvalue weighted by molar-refractivity contribution is 0.664. The van der Waals surface area contributed by atoms with E-state index >= 15 is 0 Å². The van der Waals surface area contributed by atoms with Crippen molar-refractivity contribution in [3.05, 3.63) is 48.4 Å². The molecule has 18 heavy (non-hydrogen) atoms. The van der Waals surface area contributed by atoms with E-state index in [9.17, 15) is 0 Å². The van der Waals surface area contributed by atoms with Gasteiger partial charge in [0.2, 0.25) is 0 Å². The van der Waals surface area contributed by atoms with Crippen molar-refractivity contribution in [3.63, 3.8) is 0 Å². The number of rotatable bonds is 3. The Morgan fingerprint density at radius 2 is 2.22 bits per heavy atom. The highest BCUT2D eigenvalue weighted by Crippen LogP contribution is 2.29. The second kappa shape index (κ2) is 4.55. The number of hydrogen-bond acceptors (Lipinski definition) is 2. The lowest BCUT2D eigenvalue weighted by Crippen LogP contribution is -1.88. The van der Waals surface area contributed by atoms with Crippen molar-refractivity contribution in [2.75, 3.05) is 0 Å². The molecule has 0 aliphatic carbocycles. The minimum atomic E-state index is 0.764. The highest BCUT2D eigenvalue weighted by molar-refractivity contribution is 7.93. The van der Waals surface area contributed by atoms with E-state index in [0.717, 1.165) is 29.1 Å². The van der Waals surface area contributed by atoms with E-state index in [1.165, 1.54) is 16.6 Å². The first-order valence-electron chi connectivity index (χ1n) is 5.92. The minimum Gasteiger partial charge on any atom is -0.360 e. The van der Waals surface area contributed by atoms with Gasteiger partial charge in [0, 0.05) is 41.9 Å². The van der Waals surface area contributed by atoms with E-state index in [4.69, 9.17) is 4.55 Å². The summed E-state index contributed by atoms with van der Waals surface area (Å²) in [5.74, 6) is 0. The largest absolute Gasteiger partial charge is 0.360 e. The van der Waals surface area contributed by atoms with Crippen LogP contribution in [0.1, 0.15) is 12.5 Å². The molecule has 0 unspecified atom stereocenters. The molecule has 2 N–H and O–H groups in total. The summed E-state index contributed by atoms with van der Waals surface area (Å²) in [7, 11) is 0. The second-order valence-corrected chi connectivity index (χ2v) is 4.87. The van der Waals surface area contributed by atoms with Gasteiger partial charge in [-0.15, -0.1) is 0 Å². The number of aromatic nitrogens is 2. The normalized spacial score (nSPS) is 11.2. The number of H-pyrrole nitrogens is 1. The van der Waals surface area contributed by atoms with Crippen LogP contribution in [0.4, 0.5) is 0 Å². The van der Waals surface area contributed by atoms with Gasteiger partial charge in [0.25, 0.3) is 0 Å². The molecule has 4 heteroatoms. The topological polar surface area (TPSA) is 40.4 Å². The monoisotopic (exact) mass is 258 g/mol. The number of aryl methyl sites for hydroxylation is 1. The highest BCUT2D eigenvalue weighted by atomic mass is 32.2. The van der Waals surface area contributed by atoms with Gasteiger partial charge in [-0.1, -0.05) is 6.92 Å². The molecule has 0 spiro atoms. The molecular weight excluding hydrogens is 244 g/mol. The maximum absolute atomic E-state index is 9.06. The molecule has 0 aromatic carbocycles. The molecule has 0 amide bonds. The molecule has 0 saturated carbocycles. The molecule has 0 saturated heterocycles. The Balaban J connectivity index is 2.24. The zero-order chi connectivity index (χ0) is 12.5. The van der Waals surface area contributed by atoms with E-state index in [1.807, 2.05) is 18.3 Å². The van der Waals surface area contributed by atoms with Gasteiger partial charge in [-0.2, -0.15) is 0 Å². The maximum atomic E-state index is 9.06. The van der Waals surface area contributed by atoms with Gasteiger partial charge in [-0.25, -0.2) is 0 Å². The number of nitrogens with zero attached hydrogens (tertiary/aromatic N) is 1. The molecule has 0 radical (unpaired) electrons. The number of hydrogen-bond donors (Lipinski definition) is 2. The lowest BCUT2D eigenvalue weighted by Gasteiger charge is -2.05. The Hall–Kier alpha value is -1.65. The van der Waals surface area contributed by atoms with Crippen molar-refractivity contribution in [2.45, 2.75) is 18.2 Å². The third kappa shape index (κ3) is 1.74. The zero-order valence-electron chi connectivity index (χ0n) is 10.1. The van der Waals surface area contributed by atoms with Crippen molar-refractivity contribution < 1.29 is 4.55 Å². The van der Waals surface area contributed by atoms with Crippen LogP contribution in [0.2, 0.25) is 0 Å². The quantitative estimate of drug-likeness (QED) is 0.695. The van der Waals surface area contributed by atoms with Crippen LogP contribution in [0.5, 0.6) is 0 Å². The summed E-state index contributed by atoms with van der Waals surface area (Å²) in [6.07, 6.45) is 6.97. The van der Waals surface area contributed by atoms with Crippen LogP contribution >= 0.6 is 12.0 Å². The molecule has 3 rings (SSSR count). The fourth-order valence-electron chi connectivity index (χ4n) is 2.32. The smallest absolute Gasteiger partial charge is 0.0575 e. The van der Waals surface area contributed by atoms with Gasteiger partial charge in [-0.05, 0) is 36.2 Å². The predicted molar refractivity (Wildman–Crippen MR) is 75.0 cm³/mol. The van der Waals surface area contributed by atoms with Crippen molar-refractivity contribution >= 4 is 17.6 Å². The van der Waals surface area contributed by atoms with Crippen molar-refractivity contribution in [2.24, 2.45) is 0 Å². The van der Waals surface area contributed by atoms with Gasteiger partial charge in [0.15, 0.2) is 0 Å². The molecule has 0 fully saturated rings. The van der Waals surface area contributed by atoms with Crippen LogP contribution in [0.25, 0.3) is 16.8 Å². The molecule has 0 bridgehead atoms. The van der Waals surface area contributed by atoms with E-state index < -0.39 is 0 Å². The van der Waals surface area contributed by atoms with E-state index in [2.05, 4.69) is 40.8 Å². The van der Waals surface area contributed by atoms with Gasteiger partial charge < -0.3 is 13.9 Å². The van der Waals surface area contributed by atoms with Gasteiger partial charge >= 0.3 is 0 Å². The average molecular weight is 258 g/mol. The fraction of sp³-hybridized carbons (Fsp3) is 0.143. The number of nitrogens with one attached hydrogen (secondary N) is 1. The first kappa shape index (κ1) is 11.4. The zero-order valence-corrected chi connectivity index (χ0v) is 10.9. The number of pyridine rings is 1. The van der Waals surface area contributed by atoms with Gasteiger partial charge in [0.1, 0.15) is 0 Å². The molecule has 3 heterocycles. The Morgan fingerprint density at radius 1 is 1.33 bits per heavy atom. The molecular formula is C14H14N2OS. The second-order valence-electron chi connectivity index (χ2n) is 4.21. The standard InChI is InChI=1S/C14H14N2OS/c1-2-10-5-7-16-6-3-4-12(14(10)16)13-8-11(18-17)9-15-13/h3-9,15,17H,2H2,1H3. The third-order valence-electron chi connectivity index (χ3n) is 3.20. The van der Waals surface area contributed by atoms with E-state index in [0.29, 0.717) is 0 Å². The summed E-state index contributed by atoms with van der Waals surface area (Å²) in [5.41, 5.74) is 4.76. The van der Waals surface area contributed by atoms with Crippen LogP contribution in [-0.4, -0.2) is 13.9 Å². The Bertz CT molecular complexity index is 684. The summed E-state index contributed by atoms with van der Waals surface area (Å²) in [5, 5.41) is 0. The van der Waals surface area contributed by atoms with Crippen molar-refractivity contribution in [1.29, 1.82) is 0 Å². The highest BCUT2D eigenvalue weighted by Gasteiger charge is 2.10. The fourth-order valence-corrected chi connectivity index (χ4v) is 2.60. The van der Waals surface area contributed by atoms with E-state index in [1.54, 1.807) is 0 Å². The van der Waals surface area contributed by atoms with Crippen LogP contribution < -0.4 is 0 Å². The average Bonchev–Trinajstić information content (AvgIpc) is 3.04. The Morgan fingerprint density at radius 3 is 2.94 bits per heavy atom. The van der Waals surface area contributed by atoms with Gasteiger partial charge in [-0.3, -0.25) is 0 Å². The Kier molecular flexibility index (Phi) is 2.89. The molecule has 0 aliphatic rings. The van der Waals surface area contributed by atoms with Crippen LogP contribution in [0.3, 0.4) is 0 Å². The van der Waals surface area contributed by atoms with Crippen molar-refractivity contribution in [3.8, 4) is 11.3 Å². The number of fused-ring (bicyclic) bond motifs is 1. The molecule has 3 aromatic rings. The van der Waals surface area contributed by atoms with Crippen LogP contribution in [0.15, 0.2) is 47.8 Å². The maximum Gasteiger partial charge on any atom is 0.0575 e. The summed E-state index contributed by atoms with van der Waals surface area (Å²) < 4.78 is 11.2.